The summed E-state index contributed by atoms with van der Waals surface area (Å²) in [6.45, 7) is 2.49. The Morgan fingerprint density at radius 1 is 1.09 bits per heavy atom. The predicted octanol–water partition coefficient (Wildman–Crippen LogP) is 4.95. The molecule has 2 N–H and O–H groups in total. The molecule has 224 valence electrons. The molecule has 11 nitrogen and oxygen atoms in total. The van der Waals surface area contributed by atoms with Gasteiger partial charge in [0.05, 0.1) is 45.3 Å². The molecular weight excluding hydrogens is 548 g/mol. The van der Waals surface area contributed by atoms with Gasteiger partial charge in [-0.25, -0.2) is 19.3 Å². The highest BCUT2D eigenvalue weighted by Crippen LogP contribution is 2.35. The molecule has 0 radical (unpaired) electrons. The number of amides is 1. The molecule has 2 aromatic carbocycles. The maximum Gasteiger partial charge on any atom is 0.328 e. The van der Waals surface area contributed by atoms with E-state index >= 15 is 0 Å². The monoisotopic (exact) mass is 584 g/mol. The summed E-state index contributed by atoms with van der Waals surface area (Å²) in [7, 11) is 5.28. The van der Waals surface area contributed by atoms with Gasteiger partial charge in [0.25, 0.3) is 0 Å². The Hall–Kier alpha value is -4.35. The minimum Gasteiger partial charge on any atom is -0.497 e. The van der Waals surface area contributed by atoms with Gasteiger partial charge in [-0.3, -0.25) is 0 Å². The first-order valence-electron chi connectivity index (χ1n) is 14.7. The Bertz CT molecular complexity index is 1670. The van der Waals surface area contributed by atoms with E-state index in [2.05, 4.69) is 38.7 Å². The lowest BCUT2D eigenvalue weighted by atomic mass is 9.89. The molecule has 2 aromatic heterocycles. The molecule has 4 bridgehead atoms. The highest BCUT2D eigenvalue weighted by molar-refractivity contribution is 5.95. The first kappa shape index (κ1) is 27.5. The number of ether oxygens (including phenoxy) is 4. The number of methoxy groups -OCH3 is 2. The van der Waals surface area contributed by atoms with Crippen LogP contribution in [0, 0.1) is 0 Å². The summed E-state index contributed by atoms with van der Waals surface area (Å²) in [4.78, 5) is 25.1. The van der Waals surface area contributed by atoms with Crippen molar-refractivity contribution in [1.29, 1.82) is 0 Å². The first-order valence-corrected chi connectivity index (χ1v) is 14.7. The van der Waals surface area contributed by atoms with E-state index in [1.807, 2.05) is 31.3 Å². The lowest BCUT2D eigenvalue weighted by Crippen LogP contribution is -2.52. The normalized spacial score (nSPS) is 21.4. The molecule has 4 aromatic rings. The molecule has 4 heterocycles. The smallest absolute Gasteiger partial charge is 0.328 e. The Labute approximate surface area is 250 Å². The van der Waals surface area contributed by atoms with Crippen molar-refractivity contribution < 1.29 is 23.7 Å². The number of carbonyl (C=O) groups is 1. The largest absolute Gasteiger partial charge is 0.497 e. The number of imidazole rings is 1. The number of rotatable bonds is 6. The zero-order valence-electron chi connectivity index (χ0n) is 24.6. The minimum absolute atomic E-state index is 0.0405. The average molecular weight is 585 g/mol. The molecule has 2 fully saturated rings. The van der Waals surface area contributed by atoms with Gasteiger partial charge in [0.1, 0.15) is 29.2 Å². The lowest BCUT2D eigenvalue weighted by molar-refractivity contribution is -0.0323. The van der Waals surface area contributed by atoms with Crippen LogP contribution >= 0.6 is 0 Å². The van der Waals surface area contributed by atoms with Crippen LogP contribution in [-0.2, 0) is 22.6 Å². The molecule has 1 aliphatic carbocycles. The van der Waals surface area contributed by atoms with Gasteiger partial charge in [-0.2, -0.15) is 0 Å². The molecule has 1 unspecified atom stereocenters. The average Bonchev–Trinajstić information content (AvgIpc) is 3.69. The van der Waals surface area contributed by atoms with E-state index < -0.39 is 0 Å². The summed E-state index contributed by atoms with van der Waals surface area (Å²) in [6, 6.07) is 13.9. The number of aromatic nitrogens is 3. The van der Waals surface area contributed by atoms with E-state index in [0.29, 0.717) is 42.7 Å². The van der Waals surface area contributed by atoms with Crippen molar-refractivity contribution in [2.75, 3.05) is 44.7 Å². The fourth-order valence-electron chi connectivity index (χ4n) is 6.12. The Balaban J connectivity index is 1.31. The maximum atomic E-state index is 13.5. The van der Waals surface area contributed by atoms with E-state index in [4.69, 9.17) is 23.9 Å². The molecule has 3 aliphatic rings. The third kappa shape index (κ3) is 5.34. The van der Waals surface area contributed by atoms with Gasteiger partial charge in [0, 0.05) is 49.5 Å². The van der Waals surface area contributed by atoms with Crippen molar-refractivity contribution in [2.45, 2.75) is 50.5 Å². The van der Waals surface area contributed by atoms with Gasteiger partial charge in [-0.15, -0.1) is 0 Å². The molecular formula is C32H36N6O5. The minimum atomic E-state index is -0.269. The zero-order valence-corrected chi connectivity index (χ0v) is 24.6. The molecule has 0 spiro atoms. The van der Waals surface area contributed by atoms with Crippen molar-refractivity contribution >= 4 is 34.4 Å². The zero-order chi connectivity index (χ0) is 29.5. The lowest BCUT2D eigenvalue weighted by Gasteiger charge is -2.36. The number of anilines is 3. The second-order valence-corrected chi connectivity index (χ2v) is 11.5. The van der Waals surface area contributed by atoms with Crippen molar-refractivity contribution in [1.82, 2.24) is 19.9 Å². The van der Waals surface area contributed by atoms with E-state index in [1.54, 1.807) is 20.5 Å². The Kier molecular flexibility index (Phi) is 7.28. The van der Waals surface area contributed by atoms with Crippen LogP contribution in [0.3, 0.4) is 0 Å². The third-order valence-corrected chi connectivity index (χ3v) is 8.69. The molecule has 1 saturated carbocycles. The quantitative estimate of drug-likeness (QED) is 0.325. The molecule has 3 atom stereocenters. The summed E-state index contributed by atoms with van der Waals surface area (Å²) in [6.07, 6.45) is 4.27. The molecule has 43 heavy (non-hydrogen) atoms. The Morgan fingerprint density at radius 2 is 2.00 bits per heavy atom. The summed E-state index contributed by atoms with van der Waals surface area (Å²) >= 11 is 0. The van der Waals surface area contributed by atoms with E-state index in [-0.39, 0.29) is 18.2 Å². The van der Waals surface area contributed by atoms with Gasteiger partial charge in [-0.1, -0.05) is 6.07 Å². The van der Waals surface area contributed by atoms with Gasteiger partial charge in [0.2, 0.25) is 0 Å². The topological polar surface area (TPSA) is 112 Å². The van der Waals surface area contributed by atoms with Crippen molar-refractivity contribution in [3.8, 4) is 11.5 Å². The molecule has 1 amide bonds. The number of nitrogens with one attached hydrogen (secondary N) is 2. The fourth-order valence-corrected chi connectivity index (χ4v) is 6.12. The number of nitrogens with zero attached hydrogens (tertiary/aromatic N) is 4. The molecule has 2 aliphatic heterocycles. The maximum absolute atomic E-state index is 13.5. The van der Waals surface area contributed by atoms with Gasteiger partial charge >= 0.3 is 6.03 Å². The van der Waals surface area contributed by atoms with E-state index in [9.17, 15) is 4.79 Å². The first-order chi connectivity index (χ1) is 21.0. The van der Waals surface area contributed by atoms with E-state index in [0.717, 1.165) is 59.9 Å². The third-order valence-electron chi connectivity index (χ3n) is 8.69. The number of fused-ring (bicyclic) bond motifs is 4. The molecule has 1 saturated heterocycles. The van der Waals surface area contributed by atoms with Crippen LogP contribution in [0.1, 0.15) is 41.9 Å². The van der Waals surface area contributed by atoms with Crippen molar-refractivity contribution in [3.63, 3.8) is 0 Å². The standard InChI is InChI=1S/C32H36N6O5/c1-37(15-20-4-5-24(40-2)13-28(20)41-3)26-14-29-34-23-11-19(10-22(12-23)21-8-9-42-17-21)16-43-27-7-6-25(27)35-32(39)38-18-33-30(26)31(38)36-29/h4-5,10-14,18,21,25,27H,6-9,15-17H2,1-3H3,(H,34,36)(H,35,39)/t21?,25-,27-/m1/s1. The van der Waals surface area contributed by atoms with Crippen LogP contribution in [0.25, 0.3) is 11.2 Å². The van der Waals surface area contributed by atoms with Gasteiger partial charge < -0.3 is 34.5 Å². The summed E-state index contributed by atoms with van der Waals surface area (Å²) in [5.74, 6) is 2.40. The second kappa shape index (κ2) is 11.4. The number of benzene rings is 2. The number of carbonyl (C=O) groups excluding carboxylic acids is 1. The molecule has 7 rings (SSSR count). The van der Waals surface area contributed by atoms with Crippen LogP contribution in [0.2, 0.25) is 0 Å². The summed E-state index contributed by atoms with van der Waals surface area (Å²) in [5.41, 5.74) is 6.13. The fraction of sp³-hybridized carbons (Fsp3) is 0.406. The SMILES string of the molecule is COc1ccc(CN(C)c2cc3nc4c2ncn4C(=O)N[C@@H]2CC[C@H]2OCc2cc(cc(C4CCOC4)c2)N3)c(OC)c1. The number of hydrogen-bond donors (Lipinski definition) is 2. The highest BCUT2D eigenvalue weighted by atomic mass is 16.5. The van der Waals surface area contributed by atoms with Gasteiger partial charge in [0.15, 0.2) is 5.65 Å². The number of pyridine rings is 1. The van der Waals surface area contributed by atoms with Crippen LogP contribution in [0.15, 0.2) is 48.8 Å². The van der Waals surface area contributed by atoms with E-state index in [1.165, 1.54) is 10.1 Å². The summed E-state index contributed by atoms with van der Waals surface area (Å²) < 4.78 is 24.5. The number of hydrogen-bond acceptors (Lipinski definition) is 9. The van der Waals surface area contributed by atoms with Crippen LogP contribution in [-0.4, -0.2) is 67.2 Å². The van der Waals surface area contributed by atoms with Crippen molar-refractivity contribution in [3.05, 3.63) is 65.5 Å². The second-order valence-electron chi connectivity index (χ2n) is 11.5. The highest BCUT2D eigenvalue weighted by Gasteiger charge is 2.34. The predicted molar refractivity (Wildman–Crippen MR) is 163 cm³/mol. The van der Waals surface area contributed by atoms with Crippen LogP contribution in [0.5, 0.6) is 11.5 Å². The van der Waals surface area contributed by atoms with Crippen LogP contribution in [0.4, 0.5) is 22.0 Å². The van der Waals surface area contributed by atoms with Gasteiger partial charge in [-0.05, 0) is 54.7 Å². The summed E-state index contributed by atoms with van der Waals surface area (Å²) in [5, 5.41) is 6.68. The molecule has 11 heteroatoms. The van der Waals surface area contributed by atoms with Crippen LogP contribution < -0.4 is 25.0 Å². The Morgan fingerprint density at radius 3 is 2.77 bits per heavy atom. The van der Waals surface area contributed by atoms with Crippen molar-refractivity contribution in [2.24, 2.45) is 0 Å².